The zero-order valence-corrected chi connectivity index (χ0v) is 14.4. The number of hydrogen-bond acceptors (Lipinski definition) is 6. The molecule has 134 valence electrons. The number of imidazole rings is 1. The summed E-state index contributed by atoms with van der Waals surface area (Å²) in [6.45, 7) is 4.57. The summed E-state index contributed by atoms with van der Waals surface area (Å²) in [6.07, 6.45) is 3.62. The molecule has 1 aliphatic heterocycles. The average molecular weight is 338 g/mol. The number of imide groups is 1. The lowest BCUT2D eigenvalue weighted by Crippen LogP contribution is -2.52. The third-order valence-electron chi connectivity index (χ3n) is 3.90. The molecule has 1 fully saturated rings. The van der Waals surface area contributed by atoms with Gasteiger partial charge in [-0.1, -0.05) is 0 Å². The van der Waals surface area contributed by atoms with Crippen LogP contribution in [0.25, 0.3) is 0 Å². The van der Waals surface area contributed by atoms with Gasteiger partial charge in [0.25, 0.3) is 0 Å². The second kappa shape index (κ2) is 8.76. The predicted molar refractivity (Wildman–Crippen MR) is 88.4 cm³/mol. The van der Waals surface area contributed by atoms with E-state index in [1.54, 1.807) is 20.2 Å². The maximum atomic E-state index is 12.2. The van der Waals surface area contributed by atoms with E-state index in [9.17, 15) is 9.59 Å². The molecule has 2 rings (SSSR count). The topological polar surface area (TPSA) is 101 Å². The van der Waals surface area contributed by atoms with Gasteiger partial charge in [0.1, 0.15) is 5.82 Å². The van der Waals surface area contributed by atoms with Gasteiger partial charge in [-0.05, 0) is 6.92 Å². The van der Waals surface area contributed by atoms with Crippen LogP contribution in [0.2, 0.25) is 0 Å². The van der Waals surface area contributed by atoms with Crippen molar-refractivity contribution in [1.82, 2.24) is 30.4 Å². The van der Waals surface area contributed by atoms with Crippen molar-refractivity contribution in [2.45, 2.75) is 19.0 Å². The van der Waals surface area contributed by atoms with E-state index in [0.29, 0.717) is 13.2 Å². The minimum absolute atomic E-state index is 0.0000220. The van der Waals surface area contributed by atoms with Crippen LogP contribution < -0.4 is 16.0 Å². The molecule has 3 N–H and O–H groups in total. The summed E-state index contributed by atoms with van der Waals surface area (Å²) in [4.78, 5) is 30.4. The number of ether oxygens (including phenoxy) is 1. The van der Waals surface area contributed by atoms with Crippen LogP contribution in [0.5, 0.6) is 0 Å². The Bertz CT molecular complexity index is 561. The fraction of sp³-hybridized carbons (Fsp3) is 0.667. The number of piperazine rings is 1. The molecule has 1 saturated heterocycles. The zero-order valence-electron chi connectivity index (χ0n) is 14.4. The van der Waals surface area contributed by atoms with Gasteiger partial charge >= 0.3 is 6.03 Å². The molecule has 2 heterocycles. The molecule has 2 atom stereocenters. The molecule has 3 amide bonds. The summed E-state index contributed by atoms with van der Waals surface area (Å²) in [5, 5.41) is 8.33. The fourth-order valence-corrected chi connectivity index (χ4v) is 2.79. The van der Waals surface area contributed by atoms with E-state index in [1.807, 2.05) is 22.7 Å². The summed E-state index contributed by atoms with van der Waals surface area (Å²) in [5.41, 5.74) is 0. The number of aryl methyl sites for hydroxylation is 1. The van der Waals surface area contributed by atoms with Crippen molar-refractivity contribution in [3.8, 4) is 0 Å². The number of nitrogens with zero attached hydrogens (tertiary/aromatic N) is 3. The molecule has 1 aromatic rings. The van der Waals surface area contributed by atoms with Crippen molar-refractivity contribution in [3.63, 3.8) is 0 Å². The maximum Gasteiger partial charge on any atom is 0.321 e. The normalized spacial score (nSPS) is 19.7. The largest absolute Gasteiger partial charge is 0.383 e. The van der Waals surface area contributed by atoms with E-state index in [0.717, 1.165) is 18.9 Å². The Morgan fingerprint density at radius 1 is 1.54 bits per heavy atom. The minimum atomic E-state index is -0.506. The number of methoxy groups -OCH3 is 1. The fourth-order valence-electron chi connectivity index (χ4n) is 2.79. The number of amides is 3. The van der Waals surface area contributed by atoms with Crippen LogP contribution in [0.15, 0.2) is 12.4 Å². The first kappa shape index (κ1) is 18.4. The molecule has 1 aliphatic rings. The Morgan fingerprint density at radius 2 is 2.33 bits per heavy atom. The van der Waals surface area contributed by atoms with Gasteiger partial charge in [0, 0.05) is 46.2 Å². The van der Waals surface area contributed by atoms with Crippen molar-refractivity contribution in [3.05, 3.63) is 18.2 Å². The van der Waals surface area contributed by atoms with Crippen LogP contribution in [0.1, 0.15) is 18.8 Å². The lowest BCUT2D eigenvalue weighted by atomic mass is 10.1. The van der Waals surface area contributed by atoms with Crippen LogP contribution in [0.4, 0.5) is 4.79 Å². The second-order valence-electron chi connectivity index (χ2n) is 5.96. The Morgan fingerprint density at radius 3 is 3.00 bits per heavy atom. The Kier molecular flexibility index (Phi) is 6.71. The van der Waals surface area contributed by atoms with E-state index < -0.39 is 6.03 Å². The lowest BCUT2D eigenvalue weighted by Gasteiger charge is -2.35. The highest BCUT2D eigenvalue weighted by Crippen LogP contribution is 2.19. The first-order valence-corrected chi connectivity index (χ1v) is 8.02. The van der Waals surface area contributed by atoms with Gasteiger partial charge < -0.3 is 19.9 Å². The molecule has 0 spiro atoms. The molecule has 9 nitrogen and oxygen atoms in total. The van der Waals surface area contributed by atoms with Crippen molar-refractivity contribution < 1.29 is 14.3 Å². The number of carbonyl (C=O) groups excluding carboxylic acids is 2. The van der Waals surface area contributed by atoms with E-state index >= 15 is 0 Å². The summed E-state index contributed by atoms with van der Waals surface area (Å²) < 4.78 is 6.89. The Balaban J connectivity index is 1.89. The maximum absolute atomic E-state index is 12.2. The van der Waals surface area contributed by atoms with Crippen LogP contribution in [0, 0.1) is 0 Å². The van der Waals surface area contributed by atoms with Crippen molar-refractivity contribution in [2.75, 3.05) is 39.9 Å². The summed E-state index contributed by atoms with van der Waals surface area (Å²) in [5.74, 6) is 0.561. The number of nitrogens with one attached hydrogen (secondary N) is 3. The van der Waals surface area contributed by atoms with Crippen LogP contribution in [-0.4, -0.2) is 72.3 Å². The minimum Gasteiger partial charge on any atom is -0.383 e. The van der Waals surface area contributed by atoms with Gasteiger partial charge in [-0.15, -0.1) is 0 Å². The third kappa shape index (κ3) is 5.02. The predicted octanol–water partition coefficient (Wildman–Crippen LogP) is -0.773. The van der Waals surface area contributed by atoms with Gasteiger partial charge in [-0.2, -0.15) is 0 Å². The molecule has 0 aromatic carbocycles. The number of hydrogen-bond donors (Lipinski definition) is 3. The van der Waals surface area contributed by atoms with Crippen LogP contribution in [0.3, 0.4) is 0 Å². The van der Waals surface area contributed by atoms with E-state index in [2.05, 4.69) is 20.9 Å². The van der Waals surface area contributed by atoms with Gasteiger partial charge in [0.2, 0.25) is 5.91 Å². The zero-order chi connectivity index (χ0) is 17.5. The molecular formula is C15H26N6O3. The van der Waals surface area contributed by atoms with Crippen LogP contribution in [-0.2, 0) is 16.6 Å². The van der Waals surface area contributed by atoms with Gasteiger partial charge in [0.05, 0.1) is 25.2 Å². The first-order chi connectivity index (χ1) is 11.5. The first-order valence-electron chi connectivity index (χ1n) is 8.02. The monoisotopic (exact) mass is 338 g/mol. The van der Waals surface area contributed by atoms with Gasteiger partial charge in [-0.3, -0.25) is 15.0 Å². The Labute approximate surface area is 141 Å². The number of aromatic nitrogens is 2. The smallest absolute Gasteiger partial charge is 0.321 e. The summed E-state index contributed by atoms with van der Waals surface area (Å²) in [6, 6.07) is -0.671. The van der Waals surface area contributed by atoms with Gasteiger partial charge in [0.15, 0.2) is 0 Å². The highest BCUT2D eigenvalue weighted by Gasteiger charge is 2.28. The molecule has 0 bridgehead atoms. The SMILES string of the molecule is COCC(C)NC(=O)NC(=O)CN1CCNCC1c1nccn1C. The Hall–Kier alpha value is -1.97. The van der Waals surface area contributed by atoms with Crippen molar-refractivity contribution in [1.29, 1.82) is 0 Å². The van der Waals surface area contributed by atoms with E-state index in [-0.39, 0.29) is 24.5 Å². The van der Waals surface area contributed by atoms with Gasteiger partial charge in [-0.25, -0.2) is 9.78 Å². The number of rotatable bonds is 6. The molecule has 0 aliphatic carbocycles. The quantitative estimate of drug-likeness (QED) is 0.630. The highest BCUT2D eigenvalue weighted by atomic mass is 16.5. The van der Waals surface area contributed by atoms with Crippen molar-refractivity contribution >= 4 is 11.9 Å². The standard InChI is InChI=1S/C15H26N6O3/c1-11(10-24-3)18-15(23)19-13(22)9-21-7-4-16-8-12(21)14-17-5-6-20(14)2/h5-6,11-12,16H,4,7-10H2,1-3H3,(H2,18,19,22,23). The lowest BCUT2D eigenvalue weighted by molar-refractivity contribution is -0.122. The number of urea groups is 1. The van der Waals surface area contributed by atoms with E-state index in [1.165, 1.54) is 0 Å². The van der Waals surface area contributed by atoms with Crippen LogP contribution >= 0.6 is 0 Å². The molecular weight excluding hydrogens is 312 g/mol. The molecule has 24 heavy (non-hydrogen) atoms. The molecule has 0 saturated carbocycles. The molecule has 1 aromatic heterocycles. The number of carbonyl (C=O) groups is 2. The summed E-state index contributed by atoms with van der Waals surface area (Å²) in [7, 11) is 3.49. The summed E-state index contributed by atoms with van der Waals surface area (Å²) >= 11 is 0. The third-order valence-corrected chi connectivity index (χ3v) is 3.90. The second-order valence-corrected chi connectivity index (χ2v) is 5.96. The molecule has 0 radical (unpaired) electrons. The molecule has 2 unspecified atom stereocenters. The highest BCUT2D eigenvalue weighted by molar-refractivity contribution is 5.95. The van der Waals surface area contributed by atoms with Crippen molar-refractivity contribution in [2.24, 2.45) is 7.05 Å². The average Bonchev–Trinajstić information content (AvgIpc) is 2.93. The molecule has 9 heteroatoms. The van der Waals surface area contributed by atoms with E-state index in [4.69, 9.17) is 4.74 Å².